The number of amides is 2. The zero-order valence-corrected chi connectivity index (χ0v) is 14.5. The Hall–Kier alpha value is -2.28. The largest absolute Gasteiger partial charge is 0.353 e. The Morgan fingerprint density at radius 1 is 1.38 bits per heavy atom. The Labute approximate surface area is 144 Å². The van der Waals surface area contributed by atoms with Crippen LogP contribution in [0.2, 0.25) is 0 Å². The molecule has 1 aromatic heterocycles. The Bertz CT molecular complexity index is 752. The van der Waals surface area contributed by atoms with Crippen LogP contribution in [-0.2, 0) is 9.59 Å². The average Bonchev–Trinajstić information content (AvgIpc) is 3.09. The summed E-state index contributed by atoms with van der Waals surface area (Å²) in [5.41, 5.74) is 2.72. The van der Waals surface area contributed by atoms with Gasteiger partial charge in [-0.3, -0.25) is 14.7 Å². The fourth-order valence-corrected chi connectivity index (χ4v) is 3.70. The van der Waals surface area contributed by atoms with E-state index in [1.54, 1.807) is 11.8 Å². The molecule has 2 heterocycles. The molecular formula is C17H20N4O2S. The van der Waals surface area contributed by atoms with Crippen LogP contribution in [0.5, 0.6) is 0 Å². The number of hydrogen-bond acceptors (Lipinski definition) is 4. The molecule has 0 saturated carbocycles. The van der Waals surface area contributed by atoms with Gasteiger partial charge in [-0.05, 0) is 32.4 Å². The average molecular weight is 344 g/mol. The van der Waals surface area contributed by atoms with Gasteiger partial charge in [0.25, 0.3) is 0 Å². The lowest BCUT2D eigenvalue weighted by molar-refractivity contribution is -0.119. The minimum absolute atomic E-state index is 0.0228. The fourth-order valence-electron chi connectivity index (χ4n) is 2.72. The number of nitrogens with zero attached hydrogens (tertiary/aromatic N) is 1. The fraction of sp³-hybridized carbons (Fsp3) is 0.353. The monoisotopic (exact) mass is 344 g/mol. The maximum absolute atomic E-state index is 12.3. The van der Waals surface area contributed by atoms with Crippen LogP contribution in [0.4, 0.5) is 5.69 Å². The number of para-hydroxylation sites is 1. The van der Waals surface area contributed by atoms with Crippen LogP contribution in [0.1, 0.15) is 30.7 Å². The summed E-state index contributed by atoms with van der Waals surface area (Å²) >= 11 is 1.58. The van der Waals surface area contributed by atoms with Gasteiger partial charge in [0.05, 0.1) is 16.3 Å². The highest BCUT2D eigenvalue weighted by atomic mass is 32.2. The van der Waals surface area contributed by atoms with Crippen molar-refractivity contribution in [2.45, 2.75) is 48.9 Å². The summed E-state index contributed by atoms with van der Waals surface area (Å²) in [6.07, 6.45) is 1.52. The van der Waals surface area contributed by atoms with E-state index in [2.05, 4.69) is 20.8 Å². The first kappa shape index (κ1) is 16.6. The molecule has 3 rings (SSSR count). The minimum Gasteiger partial charge on any atom is -0.353 e. The van der Waals surface area contributed by atoms with Gasteiger partial charge >= 0.3 is 0 Å². The first-order valence-electron chi connectivity index (χ1n) is 7.90. The number of carbonyl (C=O) groups is 2. The third-order valence-corrected chi connectivity index (χ3v) is 5.33. The summed E-state index contributed by atoms with van der Waals surface area (Å²) in [5, 5.41) is 13.0. The third-order valence-electron chi connectivity index (χ3n) is 3.95. The molecule has 0 radical (unpaired) electrons. The number of hydrogen-bond donors (Lipinski definition) is 3. The predicted octanol–water partition coefficient (Wildman–Crippen LogP) is 2.78. The van der Waals surface area contributed by atoms with Crippen LogP contribution in [0, 0.1) is 13.8 Å². The van der Waals surface area contributed by atoms with Gasteiger partial charge in [-0.25, -0.2) is 0 Å². The standard InChI is InChI=1S/C17H20N4O2S/c1-10-17(11(2)21-20-10)24-14-6-4-3-5-13(14)19-16(23)9-12-7-8-15(22)18-12/h3-6,12H,7-9H2,1-2H3,(H,18,22)(H,19,23)(H,20,21)/t12-/m1/s1. The van der Waals surface area contributed by atoms with Crippen molar-refractivity contribution in [2.24, 2.45) is 0 Å². The molecule has 24 heavy (non-hydrogen) atoms. The quantitative estimate of drug-likeness (QED) is 0.778. The lowest BCUT2D eigenvalue weighted by Crippen LogP contribution is -2.29. The normalized spacial score (nSPS) is 16.9. The minimum atomic E-state index is -0.0871. The van der Waals surface area contributed by atoms with Crippen molar-refractivity contribution in [3.8, 4) is 0 Å². The van der Waals surface area contributed by atoms with Crippen molar-refractivity contribution >= 4 is 29.3 Å². The molecule has 0 unspecified atom stereocenters. The number of aromatic amines is 1. The van der Waals surface area contributed by atoms with Crippen LogP contribution < -0.4 is 10.6 Å². The van der Waals surface area contributed by atoms with Gasteiger partial charge in [-0.2, -0.15) is 5.10 Å². The zero-order chi connectivity index (χ0) is 17.1. The molecule has 6 nitrogen and oxygen atoms in total. The topological polar surface area (TPSA) is 86.9 Å². The molecule has 1 aliphatic heterocycles. The molecule has 1 saturated heterocycles. The van der Waals surface area contributed by atoms with Gasteiger partial charge in [-0.1, -0.05) is 23.9 Å². The first-order chi connectivity index (χ1) is 11.5. The predicted molar refractivity (Wildman–Crippen MR) is 93.0 cm³/mol. The smallest absolute Gasteiger partial charge is 0.226 e. The lowest BCUT2D eigenvalue weighted by atomic mass is 10.1. The molecule has 2 amide bonds. The van der Waals surface area contributed by atoms with E-state index in [0.29, 0.717) is 12.8 Å². The highest BCUT2D eigenvalue weighted by molar-refractivity contribution is 7.99. The second-order valence-corrected chi connectivity index (χ2v) is 6.97. The lowest BCUT2D eigenvalue weighted by Gasteiger charge is -2.13. The van der Waals surface area contributed by atoms with E-state index in [9.17, 15) is 9.59 Å². The van der Waals surface area contributed by atoms with Crippen molar-refractivity contribution in [3.63, 3.8) is 0 Å². The Balaban J connectivity index is 1.70. The van der Waals surface area contributed by atoms with Crippen molar-refractivity contribution in [3.05, 3.63) is 35.7 Å². The van der Waals surface area contributed by atoms with Gasteiger partial charge in [0, 0.05) is 29.5 Å². The van der Waals surface area contributed by atoms with Gasteiger partial charge in [0.2, 0.25) is 11.8 Å². The number of aromatic nitrogens is 2. The summed E-state index contributed by atoms with van der Waals surface area (Å²) in [7, 11) is 0. The highest BCUT2D eigenvalue weighted by Crippen LogP contribution is 2.36. The maximum Gasteiger partial charge on any atom is 0.226 e. The Kier molecular flexibility index (Phi) is 4.89. The number of anilines is 1. The second kappa shape index (κ2) is 7.09. The van der Waals surface area contributed by atoms with E-state index in [1.807, 2.05) is 38.1 Å². The summed E-state index contributed by atoms with van der Waals surface area (Å²) < 4.78 is 0. The van der Waals surface area contributed by atoms with Crippen LogP contribution in [0.25, 0.3) is 0 Å². The van der Waals surface area contributed by atoms with Gasteiger partial charge in [0.15, 0.2) is 0 Å². The molecule has 1 aromatic carbocycles. The second-order valence-electron chi connectivity index (χ2n) is 5.92. The van der Waals surface area contributed by atoms with E-state index in [1.165, 1.54) is 0 Å². The number of carbonyl (C=O) groups excluding carboxylic acids is 2. The summed E-state index contributed by atoms with van der Waals surface area (Å²) in [6.45, 7) is 3.93. The number of H-pyrrole nitrogens is 1. The van der Waals surface area contributed by atoms with Crippen LogP contribution in [-0.4, -0.2) is 28.1 Å². The molecule has 126 valence electrons. The summed E-state index contributed by atoms with van der Waals surface area (Å²) in [5.74, 6) is -0.0643. The van der Waals surface area contributed by atoms with Crippen LogP contribution in [0.3, 0.4) is 0 Å². The van der Waals surface area contributed by atoms with Gasteiger partial charge in [-0.15, -0.1) is 0 Å². The molecule has 2 aromatic rings. The zero-order valence-electron chi connectivity index (χ0n) is 13.7. The van der Waals surface area contributed by atoms with Gasteiger partial charge in [0.1, 0.15) is 0 Å². The molecule has 1 aliphatic rings. The van der Waals surface area contributed by atoms with Crippen LogP contribution >= 0.6 is 11.8 Å². The third kappa shape index (κ3) is 3.79. The molecule has 3 N–H and O–H groups in total. The molecule has 0 spiro atoms. The van der Waals surface area contributed by atoms with Crippen LogP contribution in [0.15, 0.2) is 34.1 Å². The molecule has 0 bridgehead atoms. The first-order valence-corrected chi connectivity index (χ1v) is 8.72. The molecule has 0 aliphatic carbocycles. The van der Waals surface area contributed by atoms with Gasteiger partial charge < -0.3 is 10.6 Å². The number of nitrogens with one attached hydrogen (secondary N) is 3. The van der Waals surface area contributed by atoms with E-state index >= 15 is 0 Å². The van der Waals surface area contributed by atoms with Crippen molar-refractivity contribution in [1.29, 1.82) is 0 Å². The Morgan fingerprint density at radius 2 is 2.17 bits per heavy atom. The van der Waals surface area contributed by atoms with E-state index in [-0.39, 0.29) is 17.9 Å². The molecule has 7 heteroatoms. The molecular weight excluding hydrogens is 324 g/mol. The number of aryl methyl sites for hydroxylation is 2. The van der Waals surface area contributed by atoms with Crippen molar-refractivity contribution < 1.29 is 9.59 Å². The highest BCUT2D eigenvalue weighted by Gasteiger charge is 2.23. The molecule has 1 fully saturated rings. The molecule has 1 atom stereocenters. The van der Waals surface area contributed by atoms with E-state index in [0.717, 1.165) is 33.3 Å². The van der Waals surface area contributed by atoms with E-state index < -0.39 is 0 Å². The summed E-state index contributed by atoms with van der Waals surface area (Å²) in [4.78, 5) is 25.5. The SMILES string of the molecule is Cc1n[nH]c(C)c1Sc1ccccc1NC(=O)C[C@H]1CCC(=O)N1. The maximum atomic E-state index is 12.3. The van der Waals surface area contributed by atoms with Crippen molar-refractivity contribution in [1.82, 2.24) is 15.5 Å². The Morgan fingerprint density at radius 3 is 2.83 bits per heavy atom. The number of benzene rings is 1. The summed E-state index contributed by atoms with van der Waals surface area (Å²) in [6, 6.07) is 7.64. The number of rotatable bonds is 5. The van der Waals surface area contributed by atoms with E-state index in [4.69, 9.17) is 0 Å². The van der Waals surface area contributed by atoms with Crippen molar-refractivity contribution in [2.75, 3.05) is 5.32 Å².